The molecule has 0 fully saturated rings. The summed E-state index contributed by atoms with van der Waals surface area (Å²) in [7, 11) is 3.77. The first-order chi connectivity index (χ1) is 8.54. The molecule has 1 amide bonds. The van der Waals surface area contributed by atoms with Crippen molar-refractivity contribution in [1.82, 2.24) is 10.2 Å². The van der Waals surface area contributed by atoms with Gasteiger partial charge >= 0.3 is 0 Å². The Balaban J connectivity index is 2.35. The maximum atomic E-state index is 11.7. The quantitative estimate of drug-likeness (QED) is 0.785. The number of aliphatic hydroxyl groups excluding tert-OH is 1. The number of aliphatic hydroxyl groups is 1. The van der Waals surface area contributed by atoms with Crippen molar-refractivity contribution in [3.63, 3.8) is 0 Å². The highest BCUT2D eigenvalue weighted by Crippen LogP contribution is 2.04. The smallest absolute Gasteiger partial charge is 0.237 e. The summed E-state index contributed by atoms with van der Waals surface area (Å²) in [4.78, 5) is 13.6. The van der Waals surface area contributed by atoms with Gasteiger partial charge in [0.15, 0.2) is 0 Å². The normalized spacial score (nSPS) is 12.5. The number of hydrogen-bond acceptors (Lipinski definition) is 3. The molecule has 0 radical (unpaired) electrons. The first-order valence-corrected chi connectivity index (χ1v) is 6.17. The lowest BCUT2D eigenvalue weighted by atomic mass is 10.1. The van der Waals surface area contributed by atoms with Crippen LogP contribution in [0.3, 0.4) is 0 Å². The summed E-state index contributed by atoms with van der Waals surface area (Å²) in [6.07, 6.45) is 0.803. The third-order valence-corrected chi connectivity index (χ3v) is 3.07. The molecule has 100 valence electrons. The van der Waals surface area contributed by atoms with Crippen LogP contribution >= 0.6 is 0 Å². The molecule has 0 aliphatic rings. The molecule has 1 aromatic rings. The molecule has 18 heavy (non-hydrogen) atoms. The molecule has 0 saturated heterocycles. The third-order valence-electron chi connectivity index (χ3n) is 3.07. The summed E-state index contributed by atoms with van der Waals surface area (Å²) < 4.78 is 0. The molecule has 0 bridgehead atoms. The summed E-state index contributed by atoms with van der Waals surface area (Å²) in [5.41, 5.74) is 2.06. The van der Waals surface area contributed by atoms with E-state index in [4.69, 9.17) is 5.11 Å². The highest BCUT2D eigenvalue weighted by atomic mass is 16.3. The van der Waals surface area contributed by atoms with Gasteiger partial charge in [-0.3, -0.25) is 9.69 Å². The molecule has 0 heterocycles. The van der Waals surface area contributed by atoms with Crippen LogP contribution in [0.5, 0.6) is 0 Å². The van der Waals surface area contributed by atoms with Gasteiger partial charge in [-0.2, -0.15) is 0 Å². The Labute approximate surface area is 109 Å². The number of amides is 1. The fraction of sp³-hybridized carbons (Fsp3) is 0.500. The van der Waals surface area contributed by atoms with Crippen molar-refractivity contribution in [1.29, 1.82) is 0 Å². The minimum Gasteiger partial charge on any atom is -0.392 e. The minimum atomic E-state index is -0.109. The Bertz CT molecular complexity index is 374. The first kappa shape index (κ1) is 14.7. The lowest BCUT2D eigenvalue weighted by molar-refractivity contribution is -0.124. The molecule has 1 rings (SSSR count). The Morgan fingerprint density at radius 1 is 1.28 bits per heavy atom. The lowest BCUT2D eigenvalue weighted by Crippen LogP contribution is -2.42. The van der Waals surface area contributed by atoms with Gasteiger partial charge in [0.1, 0.15) is 0 Å². The van der Waals surface area contributed by atoms with Gasteiger partial charge in [0.05, 0.1) is 12.6 Å². The SMILES string of the molecule is C[C@@H](C(=O)NCCc1ccc(CO)cc1)N(C)C. The predicted octanol–water partition coefficient (Wildman–Crippen LogP) is 0.788. The highest BCUT2D eigenvalue weighted by Gasteiger charge is 2.13. The second kappa shape index (κ2) is 7.13. The average Bonchev–Trinajstić information content (AvgIpc) is 2.38. The van der Waals surface area contributed by atoms with Gasteiger partial charge in [-0.05, 0) is 38.6 Å². The summed E-state index contributed by atoms with van der Waals surface area (Å²) in [5.74, 6) is 0.0481. The van der Waals surface area contributed by atoms with E-state index in [1.165, 1.54) is 0 Å². The van der Waals surface area contributed by atoms with E-state index in [0.29, 0.717) is 6.54 Å². The molecular weight excluding hydrogens is 228 g/mol. The van der Waals surface area contributed by atoms with E-state index in [9.17, 15) is 4.79 Å². The number of benzene rings is 1. The molecule has 4 nitrogen and oxygen atoms in total. The van der Waals surface area contributed by atoms with Gasteiger partial charge in [-0.15, -0.1) is 0 Å². The van der Waals surface area contributed by atoms with Gasteiger partial charge < -0.3 is 10.4 Å². The van der Waals surface area contributed by atoms with Crippen LogP contribution in [0.15, 0.2) is 24.3 Å². The molecule has 0 unspecified atom stereocenters. The summed E-state index contributed by atoms with van der Waals surface area (Å²) in [5, 5.41) is 11.8. The lowest BCUT2D eigenvalue weighted by Gasteiger charge is -2.18. The maximum Gasteiger partial charge on any atom is 0.237 e. The van der Waals surface area contributed by atoms with Crippen molar-refractivity contribution in [2.75, 3.05) is 20.6 Å². The second-order valence-corrected chi connectivity index (χ2v) is 4.66. The Kier molecular flexibility index (Phi) is 5.82. The highest BCUT2D eigenvalue weighted by molar-refractivity contribution is 5.81. The van der Waals surface area contributed by atoms with E-state index >= 15 is 0 Å². The van der Waals surface area contributed by atoms with E-state index in [-0.39, 0.29) is 18.6 Å². The monoisotopic (exact) mass is 250 g/mol. The molecule has 4 heteroatoms. The van der Waals surface area contributed by atoms with E-state index in [0.717, 1.165) is 17.5 Å². The number of rotatable bonds is 6. The largest absolute Gasteiger partial charge is 0.392 e. The van der Waals surface area contributed by atoms with Crippen molar-refractivity contribution in [3.05, 3.63) is 35.4 Å². The molecule has 0 aromatic heterocycles. The molecular formula is C14H22N2O2. The predicted molar refractivity (Wildman–Crippen MR) is 72.2 cm³/mol. The van der Waals surface area contributed by atoms with Crippen LogP contribution < -0.4 is 5.32 Å². The van der Waals surface area contributed by atoms with Crippen molar-refractivity contribution in [2.24, 2.45) is 0 Å². The maximum absolute atomic E-state index is 11.7. The third kappa shape index (κ3) is 4.47. The molecule has 2 N–H and O–H groups in total. The standard InChI is InChI=1S/C14H22N2O2/c1-11(16(2)3)14(18)15-9-8-12-4-6-13(10-17)7-5-12/h4-7,11,17H,8-10H2,1-3H3,(H,15,18)/t11-/m0/s1. The van der Waals surface area contributed by atoms with E-state index in [1.807, 2.05) is 50.2 Å². The first-order valence-electron chi connectivity index (χ1n) is 6.17. The van der Waals surface area contributed by atoms with Crippen LogP contribution in [0, 0.1) is 0 Å². The molecule has 0 aliphatic heterocycles. The number of nitrogens with one attached hydrogen (secondary N) is 1. The number of carbonyl (C=O) groups excluding carboxylic acids is 1. The zero-order valence-electron chi connectivity index (χ0n) is 11.3. The zero-order valence-corrected chi connectivity index (χ0v) is 11.3. The molecule has 0 aliphatic carbocycles. The van der Waals surface area contributed by atoms with E-state index in [1.54, 1.807) is 0 Å². The van der Waals surface area contributed by atoms with Crippen LogP contribution in [0.1, 0.15) is 18.1 Å². The second-order valence-electron chi connectivity index (χ2n) is 4.66. The average molecular weight is 250 g/mol. The summed E-state index contributed by atoms with van der Waals surface area (Å²) >= 11 is 0. The molecule has 1 atom stereocenters. The van der Waals surface area contributed by atoms with Crippen molar-refractivity contribution >= 4 is 5.91 Å². The Hall–Kier alpha value is -1.39. The van der Waals surface area contributed by atoms with Crippen molar-refractivity contribution in [2.45, 2.75) is 26.0 Å². The van der Waals surface area contributed by atoms with Crippen LogP contribution in [0.4, 0.5) is 0 Å². The van der Waals surface area contributed by atoms with E-state index < -0.39 is 0 Å². The van der Waals surface area contributed by atoms with Gasteiger partial charge in [0.25, 0.3) is 0 Å². The Morgan fingerprint density at radius 2 is 1.83 bits per heavy atom. The number of nitrogens with zero attached hydrogens (tertiary/aromatic N) is 1. The molecule has 0 saturated carbocycles. The van der Waals surface area contributed by atoms with Crippen LogP contribution in [0.2, 0.25) is 0 Å². The number of carbonyl (C=O) groups is 1. The van der Waals surface area contributed by atoms with Gasteiger partial charge in [0.2, 0.25) is 5.91 Å². The van der Waals surface area contributed by atoms with Gasteiger partial charge in [-0.1, -0.05) is 24.3 Å². The van der Waals surface area contributed by atoms with Crippen LogP contribution in [-0.2, 0) is 17.8 Å². The van der Waals surface area contributed by atoms with Crippen molar-refractivity contribution < 1.29 is 9.90 Å². The van der Waals surface area contributed by atoms with Crippen LogP contribution in [-0.4, -0.2) is 42.6 Å². The number of likely N-dealkylation sites (N-methyl/N-ethyl adjacent to an activating group) is 1. The summed E-state index contributed by atoms with van der Waals surface area (Å²) in [6, 6.07) is 7.65. The van der Waals surface area contributed by atoms with Gasteiger partial charge in [-0.25, -0.2) is 0 Å². The molecule has 1 aromatic carbocycles. The fourth-order valence-corrected chi connectivity index (χ4v) is 1.52. The van der Waals surface area contributed by atoms with Crippen molar-refractivity contribution in [3.8, 4) is 0 Å². The van der Waals surface area contributed by atoms with E-state index in [2.05, 4.69) is 5.32 Å². The molecule has 0 spiro atoms. The zero-order chi connectivity index (χ0) is 13.5. The fourth-order valence-electron chi connectivity index (χ4n) is 1.52. The minimum absolute atomic E-state index is 0.0481. The number of hydrogen-bond donors (Lipinski definition) is 2. The van der Waals surface area contributed by atoms with Crippen LogP contribution in [0.25, 0.3) is 0 Å². The Morgan fingerprint density at radius 3 is 2.33 bits per heavy atom. The topological polar surface area (TPSA) is 52.6 Å². The summed E-state index contributed by atoms with van der Waals surface area (Å²) in [6.45, 7) is 2.58. The van der Waals surface area contributed by atoms with Gasteiger partial charge in [0, 0.05) is 6.54 Å².